The normalized spacial score (nSPS) is 19.2. The number of likely N-dealkylation sites (tertiary alicyclic amines) is 1. The highest BCUT2D eigenvalue weighted by molar-refractivity contribution is 5.77. The Labute approximate surface area is 119 Å². The fourth-order valence-electron chi connectivity index (χ4n) is 2.61. The summed E-state index contributed by atoms with van der Waals surface area (Å²) < 4.78 is 5.40. The van der Waals surface area contributed by atoms with Gasteiger partial charge < -0.3 is 9.64 Å². The first-order valence-corrected chi connectivity index (χ1v) is 7.20. The summed E-state index contributed by atoms with van der Waals surface area (Å²) in [5.74, 6) is 0.665. The lowest BCUT2D eigenvalue weighted by Crippen LogP contribution is -2.42. The van der Waals surface area contributed by atoms with E-state index in [9.17, 15) is 9.59 Å². The minimum absolute atomic E-state index is 0.0220. The van der Waals surface area contributed by atoms with Crippen LogP contribution in [0, 0.1) is 0 Å². The van der Waals surface area contributed by atoms with Gasteiger partial charge in [-0.1, -0.05) is 31.0 Å². The number of hydrogen-bond donors (Lipinski definition) is 0. The van der Waals surface area contributed by atoms with Crippen LogP contribution in [0.15, 0.2) is 30.3 Å². The summed E-state index contributed by atoms with van der Waals surface area (Å²) in [4.78, 5) is 25.4. The second kappa shape index (κ2) is 7.08. The van der Waals surface area contributed by atoms with Crippen LogP contribution >= 0.6 is 0 Å². The maximum Gasteiger partial charge on any atom is 0.415 e. The molecule has 108 valence electrons. The smallest absolute Gasteiger partial charge is 0.410 e. The Hall–Kier alpha value is -1.84. The van der Waals surface area contributed by atoms with Crippen molar-refractivity contribution in [2.75, 3.05) is 6.54 Å². The van der Waals surface area contributed by atoms with E-state index in [1.165, 1.54) is 0 Å². The van der Waals surface area contributed by atoms with E-state index < -0.39 is 0 Å². The Morgan fingerprint density at radius 1 is 1.20 bits per heavy atom. The summed E-state index contributed by atoms with van der Waals surface area (Å²) in [5, 5.41) is 0. The lowest BCUT2D eigenvalue weighted by molar-refractivity contribution is -0.118. The number of amides is 1. The molecule has 1 aromatic rings. The highest BCUT2D eigenvalue weighted by atomic mass is 16.6. The van der Waals surface area contributed by atoms with Gasteiger partial charge in [0, 0.05) is 19.0 Å². The van der Waals surface area contributed by atoms with Gasteiger partial charge >= 0.3 is 6.09 Å². The van der Waals surface area contributed by atoms with Crippen molar-refractivity contribution < 1.29 is 14.3 Å². The lowest BCUT2D eigenvalue weighted by atomic mass is 10.0. The van der Waals surface area contributed by atoms with Crippen molar-refractivity contribution in [1.29, 1.82) is 0 Å². The highest BCUT2D eigenvalue weighted by Gasteiger charge is 2.27. The average Bonchev–Trinajstić information content (AvgIpc) is 2.64. The summed E-state index contributed by atoms with van der Waals surface area (Å²) in [6, 6.07) is 9.04. The van der Waals surface area contributed by atoms with Crippen LogP contribution in [0.3, 0.4) is 0 Å². The van der Waals surface area contributed by atoms with E-state index in [0.29, 0.717) is 18.7 Å². The van der Waals surface area contributed by atoms with Crippen molar-refractivity contribution in [2.24, 2.45) is 0 Å². The van der Waals surface area contributed by atoms with Gasteiger partial charge in [-0.15, -0.1) is 0 Å². The molecule has 0 saturated carbocycles. The highest BCUT2D eigenvalue weighted by Crippen LogP contribution is 2.21. The molecule has 0 aliphatic carbocycles. The quantitative estimate of drug-likeness (QED) is 0.849. The van der Waals surface area contributed by atoms with Crippen molar-refractivity contribution in [2.45, 2.75) is 45.1 Å². The SMILES string of the molecule is CC(=O)CC1CCCCCN1C(=O)Oc1ccccc1. The zero-order valence-corrected chi connectivity index (χ0v) is 11.9. The zero-order valence-electron chi connectivity index (χ0n) is 11.9. The van der Waals surface area contributed by atoms with E-state index in [2.05, 4.69) is 0 Å². The third kappa shape index (κ3) is 4.08. The first-order valence-electron chi connectivity index (χ1n) is 7.20. The van der Waals surface area contributed by atoms with E-state index in [-0.39, 0.29) is 17.9 Å². The molecule has 4 heteroatoms. The van der Waals surface area contributed by atoms with Gasteiger partial charge in [0.2, 0.25) is 0 Å². The van der Waals surface area contributed by atoms with Crippen LogP contribution in [0.2, 0.25) is 0 Å². The Bertz CT molecular complexity index is 458. The van der Waals surface area contributed by atoms with Crippen LogP contribution in [0.1, 0.15) is 39.0 Å². The molecule has 1 heterocycles. The van der Waals surface area contributed by atoms with E-state index in [1.54, 1.807) is 24.0 Å². The predicted molar refractivity (Wildman–Crippen MR) is 76.7 cm³/mol. The van der Waals surface area contributed by atoms with Crippen LogP contribution in [-0.4, -0.2) is 29.4 Å². The van der Waals surface area contributed by atoms with Crippen molar-refractivity contribution in [3.05, 3.63) is 30.3 Å². The van der Waals surface area contributed by atoms with Gasteiger partial charge in [0.05, 0.1) is 0 Å². The molecular formula is C16H21NO3. The molecule has 1 atom stereocenters. The fourth-order valence-corrected chi connectivity index (χ4v) is 2.61. The predicted octanol–water partition coefficient (Wildman–Crippen LogP) is 3.41. The topological polar surface area (TPSA) is 46.6 Å². The molecule has 1 unspecified atom stereocenters. The molecule has 0 radical (unpaired) electrons. The summed E-state index contributed by atoms with van der Waals surface area (Å²) in [7, 11) is 0. The Balaban J connectivity index is 2.05. The third-order valence-electron chi connectivity index (χ3n) is 3.58. The number of nitrogens with zero attached hydrogens (tertiary/aromatic N) is 1. The van der Waals surface area contributed by atoms with Gasteiger partial charge in [-0.3, -0.25) is 4.79 Å². The molecule has 1 saturated heterocycles. The number of rotatable bonds is 3. The summed E-state index contributed by atoms with van der Waals surface area (Å²) >= 11 is 0. The first-order chi connectivity index (χ1) is 9.66. The standard InChI is InChI=1S/C16H21NO3/c1-13(18)12-14-8-4-3-7-11-17(14)16(19)20-15-9-5-2-6-10-15/h2,5-6,9-10,14H,3-4,7-8,11-12H2,1H3. The van der Waals surface area contributed by atoms with Crippen LogP contribution < -0.4 is 4.74 Å². The number of hydrogen-bond acceptors (Lipinski definition) is 3. The summed E-state index contributed by atoms with van der Waals surface area (Å²) in [5.41, 5.74) is 0. The number of Topliss-reactive ketones (excluding diaryl/α,β-unsaturated/α-hetero) is 1. The maximum atomic E-state index is 12.3. The monoisotopic (exact) mass is 275 g/mol. The molecule has 1 fully saturated rings. The number of benzene rings is 1. The Morgan fingerprint density at radius 3 is 2.65 bits per heavy atom. The third-order valence-corrected chi connectivity index (χ3v) is 3.58. The summed E-state index contributed by atoms with van der Waals surface area (Å²) in [6.07, 6.45) is 4.09. The molecule has 1 aliphatic rings. The van der Waals surface area contributed by atoms with Crippen molar-refractivity contribution in [3.8, 4) is 5.75 Å². The molecule has 1 aliphatic heterocycles. The first kappa shape index (κ1) is 14.6. The second-order valence-electron chi connectivity index (χ2n) is 5.28. The average molecular weight is 275 g/mol. The van der Waals surface area contributed by atoms with E-state index in [4.69, 9.17) is 4.74 Å². The molecule has 0 aromatic heterocycles. The van der Waals surface area contributed by atoms with Crippen molar-refractivity contribution in [1.82, 2.24) is 4.90 Å². The van der Waals surface area contributed by atoms with E-state index >= 15 is 0 Å². The number of para-hydroxylation sites is 1. The van der Waals surface area contributed by atoms with E-state index in [1.807, 2.05) is 18.2 Å². The molecular weight excluding hydrogens is 254 g/mol. The largest absolute Gasteiger partial charge is 0.415 e. The Morgan fingerprint density at radius 2 is 1.95 bits per heavy atom. The number of carbonyl (C=O) groups excluding carboxylic acids is 2. The van der Waals surface area contributed by atoms with Crippen LogP contribution in [0.4, 0.5) is 4.79 Å². The van der Waals surface area contributed by atoms with Gasteiger partial charge in [0.15, 0.2) is 0 Å². The fraction of sp³-hybridized carbons (Fsp3) is 0.500. The minimum Gasteiger partial charge on any atom is -0.410 e. The van der Waals surface area contributed by atoms with Gasteiger partial charge in [-0.25, -0.2) is 4.79 Å². The zero-order chi connectivity index (χ0) is 14.4. The van der Waals surface area contributed by atoms with Crippen molar-refractivity contribution in [3.63, 3.8) is 0 Å². The number of carbonyl (C=O) groups is 2. The van der Waals surface area contributed by atoms with Crippen molar-refractivity contribution >= 4 is 11.9 Å². The van der Waals surface area contributed by atoms with Crippen LogP contribution in [-0.2, 0) is 4.79 Å². The molecule has 1 aromatic carbocycles. The number of ether oxygens (including phenoxy) is 1. The number of ketones is 1. The maximum absolute atomic E-state index is 12.3. The van der Waals surface area contributed by atoms with E-state index in [0.717, 1.165) is 25.7 Å². The van der Waals surface area contributed by atoms with Gasteiger partial charge in [0.1, 0.15) is 11.5 Å². The minimum atomic E-state index is -0.343. The van der Waals surface area contributed by atoms with Gasteiger partial charge in [-0.2, -0.15) is 0 Å². The molecule has 0 spiro atoms. The lowest BCUT2D eigenvalue weighted by Gasteiger charge is -2.28. The molecule has 20 heavy (non-hydrogen) atoms. The molecule has 1 amide bonds. The molecule has 4 nitrogen and oxygen atoms in total. The van der Waals surface area contributed by atoms with Crippen LogP contribution in [0.5, 0.6) is 5.75 Å². The summed E-state index contributed by atoms with van der Waals surface area (Å²) in [6.45, 7) is 2.25. The van der Waals surface area contributed by atoms with Gasteiger partial charge in [-0.05, 0) is 31.9 Å². The van der Waals surface area contributed by atoms with Crippen LogP contribution in [0.25, 0.3) is 0 Å². The second-order valence-corrected chi connectivity index (χ2v) is 5.28. The Kier molecular flexibility index (Phi) is 5.16. The molecule has 2 rings (SSSR count). The van der Waals surface area contributed by atoms with Gasteiger partial charge in [0.25, 0.3) is 0 Å². The molecule has 0 bridgehead atoms. The molecule has 0 N–H and O–H groups in total.